The minimum Gasteiger partial charge on any atom is -0.508 e. The number of phenols is 1. The Morgan fingerprint density at radius 1 is 1.44 bits per heavy atom. The number of hydrogen-bond donors (Lipinski definition) is 3. The highest BCUT2D eigenvalue weighted by Crippen LogP contribution is 2.39. The fourth-order valence-corrected chi connectivity index (χ4v) is 6.09. The molecule has 0 radical (unpaired) electrons. The summed E-state index contributed by atoms with van der Waals surface area (Å²) in [5, 5.41) is 28.6. The van der Waals surface area contributed by atoms with Crippen molar-refractivity contribution < 1.29 is 28.3 Å². The van der Waals surface area contributed by atoms with Crippen LogP contribution in [0.1, 0.15) is 25.3 Å². The third kappa shape index (κ3) is 4.41. The standard InChI is InChI=1S/C18H22BClO6S/c1-11(6-12-3-4-14(22)7-15(12)20)2-5-16-18-13(9-21)10-27(24,25)17(18)8-19(23)26-16/h3-4,6-7,16-17,21-23H,2,5,8-10H2,1H3/b11-6+/t16-,17+/m1/s1. The van der Waals surface area contributed by atoms with E-state index in [1.54, 1.807) is 12.1 Å². The van der Waals surface area contributed by atoms with E-state index in [1.807, 2.05) is 13.0 Å². The van der Waals surface area contributed by atoms with E-state index < -0.39 is 28.3 Å². The number of sulfone groups is 1. The molecule has 0 aromatic heterocycles. The first-order valence-corrected chi connectivity index (χ1v) is 10.8. The lowest BCUT2D eigenvalue weighted by Crippen LogP contribution is -2.42. The monoisotopic (exact) mass is 412 g/mol. The summed E-state index contributed by atoms with van der Waals surface area (Å²) in [5.41, 5.74) is 2.86. The first-order chi connectivity index (χ1) is 12.7. The number of aromatic hydroxyl groups is 1. The molecule has 9 heteroatoms. The molecule has 6 nitrogen and oxygen atoms in total. The topological polar surface area (TPSA) is 104 Å². The highest BCUT2D eigenvalue weighted by molar-refractivity contribution is 7.92. The molecule has 1 saturated heterocycles. The Morgan fingerprint density at radius 3 is 2.85 bits per heavy atom. The molecule has 2 atom stereocenters. The Labute approximate surface area is 164 Å². The summed E-state index contributed by atoms with van der Waals surface area (Å²) in [7, 11) is -4.53. The summed E-state index contributed by atoms with van der Waals surface area (Å²) in [6, 6.07) is 4.74. The molecule has 0 bridgehead atoms. The van der Waals surface area contributed by atoms with Crippen LogP contribution in [0.2, 0.25) is 11.3 Å². The van der Waals surface area contributed by atoms with Crippen molar-refractivity contribution >= 4 is 34.6 Å². The minimum absolute atomic E-state index is 0.00953. The molecule has 0 spiro atoms. The van der Waals surface area contributed by atoms with E-state index >= 15 is 0 Å². The van der Waals surface area contributed by atoms with Crippen molar-refractivity contribution in [3.8, 4) is 5.75 Å². The third-order valence-corrected chi connectivity index (χ3v) is 7.42. The number of allylic oxidation sites excluding steroid dienone is 1. The van der Waals surface area contributed by atoms with Crippen molar-refractivity contribution in [2.24, 2.45) is 0 Å². The van der Waals surface area contributed by atoms with E-state index in [4.69, 9.17) is 16.3 Å². The summed E-state index contributed by atoms with van der Waals surface area (Å²) >= 11 is 6.12. The van der Waals surface area contributed by atoms with Gasteiger partial charge in [0.05, 0.1) is 28.7 Å². The van der Waals surface area contributed by atoms with Gasteiger partial charge < -0.3 is 19.9 Å². The third-order valence-electron chi connectivity index (χ3n) is 5.03. The predicted octanol–water partition coefficient (Wildman–Crippen LogP) is 2.19. The number of aliphatic hydroxyl groups excluding tert-OH is 1. The van der Waals surface area contributed by atoms with Crippen LogP contribution in [0.25, 0.3) is 6.08 Å². The lowest BCUT2D eigenvalue weighted by Gasteiger charge is -2.31. The summed E-state index contributed by atoms with van der Waals surface area (Å²) < 4.78 is 30.3. The maximum atomic E-state index is 12.3. The predicted molar refractivity (Wildman–Crippen MR) is 105 cm³/mol. The molecular weight excluding hydrogens is 391 g/mol. The Hall–Kier alpha value is -1.32. The zero-order chi connectivity index (χ0) is 19.8. The molecule has 27 heavy (non-hydrogen) atoms. The van der Waals surface area contributed by atoms with E-state index in [2.05, 4.69) is 0 Å². The molecule has 3 rings (SSSR count). The van der Waals surface area contributed by atoms with Gasteiger partial charge in [0, 0.05) is 6.32 Å². The molecule has 1 fully saturated rings. The molecular formula is C18H22BClO6S. The number of benzene rings is 1. The van der Waals surface area contributed by atoms with Gasteiger partial charge in [-0.2, -0.15) is 0 Å². The van der Waals surface area contributed by atoms with Gasteiger partial charge in [0.25, 0.3) is 0 Å². The normalized spacial score (nSPS) is 25.0. The number of aliphatic hydroxyl groups is 1. The Kier molecular flexibility index (Phi) is 6.03. The largest absolute Gasteiger partial charge is 0.508 e. The van der Waals surface area contributed by atoms with Crippen molar-refractivity contribution in [2.45, 2.75) is 37.4 Å². The van der Waals surface area contributed by atoms with Crippen LogP contribution in [0, 0.1) is 0 Å². The van der Waals surface area contributed by atoms with E-state index in [9.17, 15) is 23.7 Å². The summed E-state index contributed by atoms with van der Waals surface area (Å²) in [6.45, 7) is 1.60. The van der Waals surface area contributed by atoms with Crippen LogP contribution in [0.5, 0.6) is 5.75 Å². The highest BCUT2D eigenvalue weighted by Gasteiger charge is 2.48. The van der Waals surface area contributed by atoms with Gasteiger partial charge in [-0.25, -0.2) is 8.42 Å². The minimum atomic E-state index is -3.40. The molecule has 0 saturated carbocycles. The van der Waals surface area contributed by atoms with E-state index in [1.165, 1.54) is 6.07 Å². The molecule has 0 amide bonds. The smallest absolute Gasteiger partial charge is 0.456 e. The van der Waals surface area contributed by atoms with Gasteiger partial charge in [0.1, 0.15) is 5.75 Å². The SMILES string of the molecule is C/C(=C\c1ccc(O)cc1Cl)CC[C@H]1OB(O)C[C@H]2C1=C(CO)CS2(=O)=O. The van der Waals surface area contributed by atoms with Gasteiger partial charge in [-0.3, -0.25) is 0 Å². The zero-order valence-corrected chi connectivity index (χ0v) is 16.5. The maximum Gasteiger partial charge on any atom is 0.456 e. The van der Waals surface area contributed by atoms with Gasteiger partial charge >= 0.3 is 7.12 Å². The van der Waals surface area contributed by atoms with Crippen molar-refractivity contribution in [3.63, 3.8) is 0 Å². The average Bonchev–Trinajstić information content (AvgIpc) is 2.86. The van der Waals surface area contributed by atoms with Crippen LogP contribution >= 0.6 is 11.6 Å². The first kappa shape index (κ1) is 20.4. The fourth-order valence-electron chi connectivity index (χ4n) is 3.75. The van der Waals surface area contributed by atoms with Crippen LogP contribution in [0.4, 0.5) is 0 Å². The lowest BCUT2D eigenvalue weighted by atomic mass is 9.74. The lowest BCUT2D eigenvalue weighted by molar-refractivity contribution is 0.168. The Bertz CT molecular complexity index is 895. The summed E-state index contributed by atoms with van der Waals surface area (Å²) in [6.07, 6.45) is 2.45. The van der Waals surface area contributed by atoms with Crippen LogP contribution in [-0.4, -0.2) is 54.5 Å². The van der Waals surface area contributed by atoms with E-state index in [0.717, 1.165) is 11.1 Å². The van der Waals surface area contributed by atoms with Crippen molar-refractivity contribution in [1.82, 2.24) is 0 Å². The van der Waals surface area contributed by atoms with Gasteiger partial charge in [-0.05, 0) is 54.7 Å². The molecule has 2 heterocycles. The molecule has 2 aliphatic heterocycles. The summed E-state index contributed by atoms with van der Waals surface area (Å²) in [5.74, 6) is -0.0788. The second-order valence-electron chi connectivity index (χ2n) is 7.06. The first-order valence-electron chi connectivity index (χ1n) is 8.74. The van der Waals surface area contributed by atoms with Crippen LogP contribution in [0.15, 0.2) is 34.9 Å². The van der Waals surface area contributed by atoms with Crippen LogP contribution in [0.3, 0.4) is 0 Å². The van der Waals surface area contributed by atoms with Crippen LogP contribution < -0.4 is 0 Å². The van der Waals surface area contributed by atoms with Crippen LogP contribution in [-0.2, 0) is 14.5 Å². The molecule has 1 aromatic carbocycles. The van der Waals surface area contributed by atoms with E-state index in [0.29, 0.717) is 29.0 Å². The molecule has 0 aliphatic carbocycles. The second-order valence-corrected chi connectivity index (χ2v) is 9.65. The fraction of sp³-hybridized carbons (Fsp3) is 0.444. The van der Waals surface area contributed by atoms with Gasteiger partial charge in [-0.15, -0.1) is 0 Å². The number of fused-ring (bicyclic) bond motifs is 1. The highest BCUT2D eigenvalue weighted by atomic mass is 35.5. The molecule has 0 unspecified atom stereocenters. The number of halogens is 1. The van der Waals surface area contributed by atoms with Gasteiger partial charge in [0.2, 0.25) is 0 Å². The molecule has 3 N–H and O–H groups in total. The van der Waals surface area contributed by atoms with Crippen molar-refractivity contribution in [3.05, 3.63) is 45.5 Å². The molecule has 2 aliphatic rings. The Balaban J connectivity index is 1.77. The van der Waals surface area contributed by atoms with E-state index in [-0.39, 0.29) is 24.4 Å². The number of phenolic OH excluding ortho intramolecular Hbond substituents is 1. The number of hydrogen-bond acceptors (Lipinski definition) is 6. The number of rotatable bonds is 5. The Morgan fingerprint density at radius 2 is 2.19 bits per heavy atom. The summed E-state index contributed by atoms with van der Waals surface area (Å²) in [4.78, 5) is 0. The molecule has 1 aromatic rings. The maximum absolute atomic E-state index is 12.3. The molecule has 146 valence electrons. The average molecular weight is 413 g/mol. The quantitative estimate of drug-likeness (QED) is 0.506. The van der Waals surface area contributed by atoms with Gasteiger partial charge in [0.15, 0.2) is 9.84 Å². The van der Waals surface area contributed by atoms with Crippen molar-refractivity contribution in [1.29, 1.82) is 0 Å². The van der Waals surface area contributed by atoms with Crippen molar-refractivity contribution in [2.75, 3.05) is 12.4 Å². The second kappa shape index (κ2) is 7.97. The zero-order valence-electron chi connectivity index (χ0n) is 14.9. The van der Waals surface area contributed by atoms with Gasteiger partial charge in [-0.1, -0.05) is 23.3 Å².